The molecule has 0 saturated carbocycles. The Morgan fingerprint density at radius 2 is 1.66 bits per heavy atom. The van der Waals surface area contributed by atoms with Crippen LogP contribution in [0.1, 0.15) is 35.7 Å². The minimum Gasteiger partial charge on any atom is -0.497 e. The summed E-state index contributed by atoms with van der Waals surface area (Å²) in [5.41, 5.74) is 7.53. The van der Waals surface area contributed by atoms with Crippen LogP contribution in [0, 0.1) is 0 Å². The molecule has 0 unspecified atom stereocenters. The summed E-state index contributed by atoms with van der Waals surface area (Å²) < 4.78 is 5.33. The lowest BCUT2D eigenvalue weighted by atomic mass is 9.90. The number of rotatable bonds is 7. The minimum absolute atomic E-state index is 0.825. The molecule has 2 N–H and O–H groups in total. The zero-order chi connectivity index (χ0) is 22.5. The Balaban J connectivity index is 1.89. The summed E-state index contributed by atoms with van der Waals surface area (Å²) >= 11 is 0. The van der Waals surface area contributed by atoms with Gasteiger partial charge in [-0.15, -0.1) is 0 Å². The predicted molar refractivity (Wildman–Crippen MR) is 131 cm³/mol. The zero-order valence-corrected chi connectivity index (χ0v) is 18.1. The number of methoxy groups -OCH3 is 1. The molecule has 1 heterocycles. The van der Waals surface area contributed by atoms with Gasteiger partial charge in [-0.05, 0) is 59.0 Å². The van der Waals surface area contributed by atoms with E-state index < -0.39 is 5.97 Å². The lowest BCUT2D eigenvalue weighted by Gasteiger charge is -2.15. The van der Waals surface area contributed by atoms with Gasteiger partial charge in [0.25, 0.3) is 0 Å². The molecule has 1 aromatic heterocycles. The van der Waals surface area contributed by atoms with Gasteiger partial charge in [-0.1, -0.05) is 61.5 Å². The Kier molecular flexibility index (Phi) is 6.22. The van der Waals surface area contributed by atoms with E-state index in [1.807, 2.05) is 48.5 Å². The van der Waals surface area contributed by atoms with Gasteiger partial charge in [0.05, 0.1) is 7.11 Å². The number of carboxylic acids is 1. The Morgan fingerprint density at radius 1 is 0.969 bits per heavy atom. The smallest absolute Gasteiger partial charge is 0.328 e. The van der Waals surface area contributed by atoms with Crippen molar-refractivity contribution in [3.63, 3.8) is 0 Å². The highest BCUT2D eigenvalue weighted by molar-refractivity contribution is 6.00. The molecular formula is C28H25NO3. The highest BCUT2D eigenvalue weighted by Gasteiger charge is 2.15. The standard InChI is InChI=1S/C28H25NO3/c1-3-24(20-13-15-23(32-2)16-14-20)28(26-18-22-6-4-5-7-25(22)29-26)21-11-8-19(9-12-21)10-17-27(30)31/h4-18,29H,3H2,1-2H3,(H,30,31)/b17-10+,28-24+. The number of carboxylic acid groups (broad SMARTS) is 1. The van der Waals surface area contributed by atoms with E-state index in [1.165, 1.54) is 5.57 Å². The fraction of sp³-hybridized carbons (Fsp3) is 0.107. The van der Waals surface area contributed by atoms with E-state index in [2.05, 4.69) is 42.2 Å². The maximum absolute atomic E-state index is 10.8. The third kappa shape index (κ3) is 4.49. The number of nitrogens with one attached hydrogen (secondary N) is 1. The molecule has 0 amide bonds. The maximum Gasteiger partial charge on any atom is 0.328 e. The lowest BCUT2D eigenvalue weighted by molar-refractivity contribution is -0.131. The quantitative estimate of drug-likeness (QED) is 0.259. The summed E-state index contributed by atoms with van der Waals surface area (Å²) in [4.78, 5) is 14.4. The van der Waals surface area contributed by atoms with Gasteiger partial charge in [-0.25, -0.2) is 4.79 Å². The van der Waals surface area contributed by atoms with E-state index in [1.54, 1.807) is 13.2 Å². The van der Waals surface area contributed by atoms with Crippen molar-refractivity contribution in [3.05, 3.63) is 107 Å². The van der Waals surface area contributed by atoms with E-state index in [4.69, 9.17) is 9.84 Å². The number of carbonyl (C=O) groups is 1. The Hall–Kier alpha value is -4.05. The van der Waals surface area contributed by atoms with Crippen LogP contribution in [0.3, 0.4) is 0 Å². The number of hydrogen-bond acceptors (Lipinski definition) is 2. The van der Waals surface area contributed by atoms with Crippen molar-refractivity contribution in [1.82, 2.24) is 4.98 Å². The molecule has 4 rings (SSSR count). The van der Waals surface area contributed by atoms with Crippen LogP contribution in [0.5, 0.6) is 5.75 Å². The molecule has 0 atom stereocenters. The Morgan fingerprint density at radius 3 is 2.28 bits per heavy atom. The molecule has 0 bridgehead atoms. The van der Waals surface area contributed by atoms with Gasteiger partial charge in [0.15, 0.2) is 0 Å². The summed E-state index contributed by atoms with van der Waals surface area (Å²) in [7, 11) is 1.67. The van der Waals surface area contributed by atoms with Crippen LogP contribution in [0.15, 0.2) is 84.9 Å². The molecule has 3 aromatic carbocycles. The second-order valence-corrected chi connectivity index (χ2v) is 7.50. The summed E-state index contributed by atoms with van der Waals surface area (Å²) in [6.07, 6.45) is 3.60. The molecule has 4 aromatic rings. The average Bonchev–Trinajstić information content (AvgIpc) is 3.25. The number of aromatic amines is 1. The number of H-pyrrole nitrogens is 1. The largest absolute Gasteiger partial charge is 0.497 e. The summed E-state index contributed by atoms with van der Waals surface area (Å²) in [6, 6.07) is 26.5. The zero-order valence-electron chi connectivity index (χ0n) is 18.1. The number of fused-ring (bicyclic) bond motifs is 1. The summed E-state index contributed by atoms with van der Waals surface area (Å²) in [5.74, 6) is -0.133. The first-order valence-electron chi connectivity index (χ1n) is 10.6. The SMILES string of the molecule is CC/C(=C(/c1ccc(/C=C/C(=O)O)cc1)c1cc2ccccc2[nH]1)c1ccc(OC)cc1. The second-order valence-electron chi connectivity index (χ2n) is 7.50. The molecule has 32 heavy (non-hydrogen) atoms. The number of aromatic nitrogens is 1. The van der Waals surface area contributed by atoms with Crippen molar-refractivity contribution in [1.29, 1.82) is 0 Å². The van der Waals surface area contributed by atoms with Crippen molar-refractivity contribution in [2.45, 2.75) is 13.3 Å². The van der Waals surface area contributed by atoms with Gasteiger partial charge in [0.1, 0.15) is 5.75 Å². The van der Waals surface area contributed by atoms with Crippen LogP contribution in [0.25, 0.3) is 28.1 Å². The number of benzene rings is 3. The van der Waals surface area contributed by atoms with Gasteiger partial charge in [-0.3, -0.25) is 0 Å². The first-order chi connectivity index (χ1) is 15.6. The number of hydrogen-bond donors (Lipinski definition) is 2. The summed E-state index contributed by atoms with van der Waals surface area (Å²) in [5, 5.41) is 10.1. The van der Waals surface area contributed by atoms with Gasteiger partial charge >= 0.3 is 5.97 Å². The summed E-state index contributed by atoms with van der Waals surface area (Å²) in [6.45, 7) is 2.16. The van der Waals surface area contributed by atoms with Crippen LogP contribution in [-0.2, 0) is 4.79 Å². The van der Waals surface area contributed by atoms with Crippen molar-refractivity contribution >= 4 is 34.1 Å². The van der Waals surface area contributed by atoms with Crippen molar-refractivity contribution < 1.29 is 14.6 Å². The Labute approximate surface area is 187 Å². The molecule has 0 aliphatic heterocycles. The first kappa shape index (κ1) is 21.2. The molecular weight excluding hydrogens is 398 g/mol. The van der Waals surface area contributed by atoms with Gasteiger partial charge in [-0.2, -0.15) is 0 Å². The highest BCUT2D eigenvalue weighted by atomic mass is 16.5. The molecule has 4 heteroatoms. The molecule has 0 aliphatic carbocycles. The third-order valence-electron chi connectivity index (χ3n) is 5.51. The van der Waals surface area contributed by atoms with Crippen LogP contribution >= 0.6 is 0 Å². The molecule has 160 valence electrons. The molecule has 4 nitrogen and oxygen atoms in total. The number of ether oxygens (including phenoxy) is 1. The lowest BCUT2D eigenvalue weighted by Crippen LogP contribution is -1.96. The van der Waals surface area contributed by atoms with E-state index in [-0.39, 0.29) is 0 Å². The average molecular weight is 424 g/mol. The van der Waals surface area contributed by atoms with E-state index in [9.17, 15) is 4.79 Å². The first-order valence-corrected chi connectivity index (χ1v) is 10.6. The van der Waals surface area contributed by atoms with Crippen molar-refractivity contribution in [3.8, 4) is 5.75 Å². The molecule has 0 radical (unpaired) electrons. The highest BCUT2D eigenvalue weighted by Crippen LogP contribution is 2.36. The monoisotopic (exact) mass is 423 g/mol. The Bertz CT molecular complexity index is 1260. The van der Waals surface area contributed by atoms with Crippen LogP contribution in [0.4, 0.5) is 0 Å². The minimum atomic E-state index is -0.958. The van der Waals surface area contributed by atoms with E-state index >= 15 is 0 Å². The normalized spacial score (nSPS) is 12.2. The van der Waals surface area contributed by atoms with Gasteiger partial charge in [0.2, 0.25) is 0 Å². The van der Waals surface area contributed by atoms with Crippen LogP contribution in [-0.4, -0.2) is 23.2 Å². The maximum atomic E-state index is 10.8. The van der Waals surface area contributed by atoms with E-state index in [0.717, 1.165) is 57.1 Å². The molecule has 0 fully saturated rings. The topological polar surface area (TPSA) is 62.3 Å². The van der Waals surface area contributed by atoms with E-state index in [0.29, 0.717) is 0 Å². The van der Waals surface area contributed by atoms with Crippen molar-refractivity contribution in [2.75, 3.05) is 7.11 Å². The number of aliphatic carboxylic acids is 1. The second kappa shape index (κ2) is 9.40. The molecule has 0 spiro atoms. The molecule has 0 aliphatic rings. The van der Waals surface area contributed by atoms with Gasteiger partial charge < -0.3 is 14.8 Å². The predicted octanol–water partition coefficient (Wildman–Crippen LogP) is 6.64. The number of para-hydroxylation sites is 1. The van der Waals surface area contributed by atoms with Crippen LogP contribution < -0.4 is 4.74 Å². The van der Waals surface area contributed by atoms with Gasteiger partial charge in [0, 0.05) is 28.2 Å². The van der Waals surface area contributed by atoms with Crippen molar-refractivity contribution in [2.24, 2.45) is 0 Å². The van der Waals surface area contributed by atoms with Crippen LogP contribution in [0.2, 0.25) is 0 Å². The molecule has 0 saturated heterocycles. The fourth-order valence-corrected chi connectivity index (χ4v) is 3.95. The third-order valence-corrected chi connectivity index (χ3v) is 5.51. The fourth-order valence-electron chi connectivity index (χ4n) is 3.95. The number of allylic oxidation sites excluding steroid dienone is 1.